The van der Waals surface area contributed by atoms with Crippen LogP contribution in [0.15, 0.2) is 53.7 Å². The number of hydrogen-bond acceptors (Lipinski definition) is 3. The molecule has 4 rings (SSSR count). The second kappa shape index (κ2) is 8.30. The predicted molar refractivity (Wildman–Crippen MR) is 113 cm³/mol. The Labute approximate surface area is 166 Å². The Morgan fingerprint density at radius 3 is 2.56 bits per heavy atom. The first kappa shape index (κ1) is 18.3. The van der Waals surface area contributed by atoms with E-state index in [4.69, 9.17) is 0 Å². The Bertz CT molecular complexity index is 909. The highest BCUT2D eigenvalue weighted by atomic mass is 32.2. The van der Waals surface area contributed by atoms with Gasteiger partial charge in [-0.3, -0.25) is 4.57 Å². The normalized spacial score (nSPS) is 15.2. The molecule has 0 bridgehead atoms. The topological polar surface area (TPSA) is 30.7 Å². The van der Waals surface area contributed by atoms with Crippen molar-refractivity contribution in [3.05, 3.63) is 71.0 Å². The van der Waals surface area contributed by atoms with Gasteiger partial charge in [-0.05, 0) is 43.9 Å². The van der Waals surface area contributed by atoms with Crippen LogP contribution in [0.25, 0.3) is 5.69 Å². The summed E-state index contributed by atoms with van der Waals surface area (Å²) in [5.74, 6) is 2.59. The van der Waals surface area contributed by atoms with Crippen molar-refractivity contribution in [1.82, 2.24) is 14.8 Å². The molecule has 0 aliphatic heterocycles. The number of aromatic nitrogens is 3. The van der Waals surface area contributed by atoms with Crippen LogP contribution in [0.2, 0.25) is 0 Å². The lowest BCUT2D eigenvalue weighted by atomic mass is 9.88. The SMILES string of the molecule is Cc1cccc(CSc2nnc(C3CCCCC3)n2-c2ccccc2C)c1. The second-order valence-corrected chi connectivity index (χ2v) is 8.52. The van der Waals surface area contributed by atoms with Crippen molar-refractivity contribution in [3.8, 4) is 5.69 Å². The lowest BCUT2D eigenvalue weighted by Gasteiger charge is -2.22. The third-order valence-corrected chi connectivity index (χ3v) is 6.44. The van der Waals surface area contributed by atoms with Crippen molar-refractivity contribution >= 4 is 11.8 Å². The molecule has 140 valence electrons. The molecule has 1 saturated carbocycles. The Kier molecular flexibility index (Phi) is 5.63. The van der Waals surface area contributed by atoms with E-state index in [0.717, 1.165) is 16.7 Å². The van der Waals surface area contributed by atoms with Crippen LogP contribution in [-0.4, -0.2) is 14.8 Å². The maximum Gasteiger partial charge on any atom is 0.196 e. The molecule has 4 heteroatoms. The molecule has 0 N–H and O–H groups in total. The Hall–Kier alpha value is -2.07. The van der Waals surface area contributed by atoms with Gasteiger partial charge in [0.1, 0.15) is 5.82 Å². The molecule has 27 heavy (non-hydrogen) atoms. The monoisotopic (exact) mass is 377 g/mol. The molecule has 1 aromatic heterocycles. The van der Waals surface area contributed by atoms with E-state index >= 15 is 0 Å². The van der Waals surface area contributed by atoms with E-state index in [9.17, 15) is 0 Å². The zero-order chi connectivity index (χ0) is 18.6. The summed E-state index contributed by atoms with van der Waals surface area (Å²) >= 11 is 1.79. The van der Waals surface area contributed by atoms with Gasteiger partial charge in [0, 0.05) is 11.7 Å². The van der Waals surface area contributed by atoms with Crippen LogP contribution in [-0.2, 0) is 5.75 Å². The maximum atomic E-state index is 4.68. The molecule has 1 aliphatic rings. The molecule has 3 nitrogen and oxygen atoms in total. The Morgan fingerprint density at radius 2 is 1.78 bits per heavy atom. The minimum Gasteiger partial charge on any atom is -0.274 e. The van der Waals surface area contributed by atoms with Crippen LogP contribution in [0.3, 0.4) is 0 Å². The van der Waals surface area contributed by atoms with E-state index in [2.05, 4.69) is 77.1 Å². The zero-order valence-electron chi connectivity index (χ0n) is 16.2. The molecule has 0 radical (unpaired) electrons. The van der Waals surface area contributed by atoms with E-state index in [1.165, 1.54) is 54.5 Å². The van der Waals surface area contributed by atoms with Crippen molar-refractivity contribution in [2.24, 2.45) is 0 Å². The van der Waals surface area contributed by atoms with Gasteiger partial charge >= 0.3 is 0 Å². The van der Waals surface area contributed by atoms with Crippen LogP contribution in [0.5, 0.6) is 0 Å². The molecule has 0 unspecified atom stereocenters. The number of para-hydroxylation sites is 1. The molecule has 0 amide bonds. The summed E-state index contributed by atoms with van der Waals surface area (Å²) in [4.78, 5) is 0. The summed E-state index contributed by atoms with van der Waals surface area (Å²) < 4.78 is 2.33. The summed E-state index contributed by atoms with van der Waals surface area (Å²) in [6.45, 7) is 4.32. The van der Waals surface area contributed by atoms with Gasteiger partial charge in [0.2, 0.25) is 0 Å². The Morgan fingerprint density at radius 1 is 0.963 bits per heavy atom. The average Bonchev–Trinajstić information content (AvgIpc) is 3.11. The highest BCUT2D eigenvalue weighted by Gasteiger charge is 2.24. The predicted octanol–water partition coefficient (Wildman–Crippen LogP) is 6.22. The van der Waals surface area contributed by atoms with Crippen molar-refractivity contribution in [2.75, 3.05) is 0 Å². The second-order valence-electron chi connectivity index (χ2n) is 7.58. The minimum absolute atomic E-state index is 0.527. The summed E-state index contributed by atoms with van der Waals surface area (Å²) in [6, 6.07) is 17.3. The van der Waals surface area contributed by atoms with Crippen LogP contribution in [0.1, 0.15) is 60.5 Å². The number of hydrogen-bond donors (Lipinski definition) is 0. The van der Waals surface area contributed by atoms with Gasteiger partial charge < -0.3 is 0 Å². The quantitative estimate of drug-likeness (QED) is 0.494. The van der Waals surface area contributed by atoms with Crippen LogP contribution < -0.4 is 0 Å². The number of rotatable bonds is 5. The summed E-state index contributed by atoms with van der Waals surface area (Å²) in [7, 11) is 0. The van der Waals surface area contributed by atoms with Crippen LogP contribution >= 0.6 is 11.8 Å². The molecular weight excluding hydrogens is 350 g/mol. The first-order valence-electron chi connectivity index (χ1n) is 9.92. The average molecular weight is 378 g/mol. The third-order valence-electron chi connectivity index (χ3n) is 5.44. The first-order chi connectivity index (χ1) is 13.2. The van der Waals surface area contributed by atoms with Gasteiger partial charge in [0.25, 0.3) is 0 Å². The van der Waals surface area contributed by atoms with E-state index in [-0.39, 0.29) is 0 Å². The summed E-state index contributed by atoms with van der Waals surface area (Å²) in [6.07, 6.45) is 6.41. The molecule has 1 aliphatic carbocycles. The molecule has 1 heterocycles. The van der Waals surface area contributed by atoms with E-state index in [1.807, 2.05) is 0 Å². The fourth-order valence-electron chi connectivity index (χ4n) is 3.99. The van der Waals surface area contributed by atoms with Crippen LogP contribution in [0.4, 0.5) is 0 Å². The number of aryl methyl sites for hydroxylation is 2. The number of thioether (sulfide) groups is 1. The lowest BCUT2D eigenvalue weighted by molar-refractivity contribution is 0.423. The van der Waals surface area contributed by atoms with Crippen molar-refractivity contribution in [2.45, 2.75) is 62.8 Å². The number of nitrogens with zero attached hydrogens (tertiary/aromatic N) is 3. The Balaban J connectivity index is 1.68. The third kappa shape index (κ3) is 4.11. The van der Waals surface area contributed by atoms with Gasteiger partial charge in [-0.2, -0.15) is 0 Å². The van der Waals surface area contributed by atoms with E-state index < -0.39 is 0 Å². The highest BCUT2D eigenvalue weighted by Crippen LogP contribution is 2.36. The van der Waals surface area contributed by atoms with Gasteiger partial charge in [-0.25, -0.2) is 0 Å². The van der Waals surface area contributed by atoms with Crippen molar-refractivity contribution in [1.29, 1.82) is 0 Å². The molecule has 0 spiro atoms. The van der Waals surface area contributed by atoms with Gasteiger partial charge in [-0.15, -0.1) is 10.2 Å². The standard InChI is InChI=1S/C23H27N3S/c1-17-9-8-11-19(15-17)16-27-23-25-24-22(20-12-4-3-5-13-20)26(23)21-14-7-6-10-18(21)2/h6-11,14-15,20H,3-5,12-13,16H2,1-2H3. The molecule has 0 saturated heterocycles. The van der Waals surface area contributed by atoms with Gasteiger partial charge in [0.05, 0.1) is 5.69 Å². The van der Waals surface area contributed by atoms with Crippen molar-refractivity contribution < 1.29 is 0 Å². The maximum absolute atomic E-state index is 4.68. The smallest absolute Gasteiger partial charge is 0.196 e. The molecule has 1 fully saturated rings. The number of benzene rings is 2. The van der Waals surface area contributed by atoms with E-state index in [1.54, 1.807) is 11.8 Å². The first-order valence-corrected chi connectivity index (χ1v) is 10.9. The van der Waals surface area contributed by atoms with E-state index in [0.29, 0.717) is 5.92 Å². The highest BCUT2D eigenvalue weighted by molar-refractivity contribution is 7.98. The van der Waals surface area contributed by atoms with Gasteiger partial charge in [0.15, 0.2) is 5.16 Å². The zero-order valence-corrected chi connectivity index (χ0v) is 17.0. The van der Waals surface area contributed by atoms with Crippen molar-refractivity contribution in [3.63, 3.8) is 0 Å². The van der Waals surface area contributed by atoms with Gasteiger partial charge in [-0.1, -0.05) is 79.1 Å². The lowest BCUT2D eigenvalue weighted by Crippen LogP contribution is -2.12. The summed E-state index contributed by atoms with van der Waals surface area (Å²) in [5.41, 5.74) is 5.12. The minimum atomic E-state index is 0.527. The van der Waals surface area contributed by atoms with Crippen LogP contribution in [0, 0.1) is 13.8 Å². The molecule has 0 atom stereocenters. The molecule has 2 aromatic carbocycles. The fourth-order valence-corrected chi connectivity index (χ4v) is 4.89. The molecule has 3 aromatic rings. The molecular formula is C23H27N3S. The largest absolute Gasteiger partial charge is 0.274 e. The summed E-state index contributed by atoms with van der Waals surface area (Å²) in [5, 5.41) is 10.3. The fraction of sp³-hybridized carbons (Fsp3) is 0.391.